The molecule has 0 saturated carbocycles. The first-order chi connectivity index (χ1) is 9.81. The van der Waals surface area contributed by atoms with Crippen molar-refractivity contribution in [1.82, 2.24) is 0 Å². The van der Waals surface area contributed by atoms with Gasteiger partial charge in [0.2, 0.25) is 0 Å². The summed E-state index contributed by atoms with van der Waals surface area (Å²) in [4.78, 5) is 10.8. The standard InChI is InChI=1S/C18H32O2/c1-3-5-6-7-8-9-10-11-12-13-14-15-16-17-20-18(19)4-2/h4,12-13H,2-3,5-11,14-17H2,1H3/b13-12+. The number of rotatable bonds is 14. The number of allylic oxidation sites excluding steroid dienone is 2. The van der Waals surface area contributed by atoms with Crippen molar-refractivity contribution < 1.29 is 9.53 Å². The van der Waals surface area contributed by atoms with Crippen molar-refractivity contribution >= 4 is 5.97 Å². The van der Waals surface area contributed by atoms with Gasteiger partial charge in [-0.25, -0.2) is 4.79 Å². The summed E-state index contributed by atoms with van der Waals surface area (Å²) in [6, 6.07) is 0. The first-order valence-corrected chi connectivity index (χ1v) is 8.25. The largest absolute Gasteiger partial charge is 0.463 e. The van der Waals surface area contributed by atoms with Crippen molar-refractivity contribution in [3.8, 4) is 0 Å². The normalized spacial score (nSPS) is 10.8. The Morgan fingerprint density at radius 1 is 0.900 bits per heavy atom. The highest BCUT2D eigenvalue weighted by atomic mass is 16.5. The van der Waals surface area contributed by atoms with E-state index >= 15 is 0 Å². The van der Waals surface area contributed by atoms with Crippen LogP contribution in [0.15, 0.2) is 24.8 Å². The zero-order chi connectivity index (χ0) is 14.9. The lowest BCUT2D eigenvalue weighted by molar-refractivity contribution is -0.137. The van der Waals surface area contributed by atoms with Crippen LogP contribution in [0.4, 0.5) is 0 Å². The summed E-state index contributed by atoms with van der Waals surface area (Å²) < 4.78 is 4.91. The molecule has 0 heterocycles. The van der Waals surface area contributed by atoms with E-state index in [1.54, 1.807) is 0 Å². The zero-order valence-electron chi connectivity index (χ0n) is 13.2. The quantitative estimate of drug-likeness (QED) is 0.180. The van der Waals surface area contributed by atoms with E-state index < -0.39 is 0 Å². The molecule has 0 aromatic carbocycles. The van der Waals surface area contributed by atoms with Crippen LogP contribution in [0.1, 0.15) is 77.6 Å². The van der Waals surface area contributed by atoms with E-state index in [4.69, 9.17) is 4.74 Å². The predicted octanol–water partition coefficient (Wildman–Crippen LogP) is 5.58. The molecule has 2 nitrogen and oxygen atoms in total. The highest BCUT2D eigenvalue weighted by molar-refractivity contribution is 5.81. The van der Waals surface area contributed by atoms with Crippen LogP contribution in [0.25, 0.3) is 0 Å². The van der Waals surface area contributed by atoms with E-state index in [0.717, 1.165) is 19.3 Å². The molecule has 0 radical (unpaired) electrons. The molecule has 0 aliphatic carbocycles. The fourth-order valence-electron chi connectivity index (χ4n) is 2.05. The van der Waals surface area contributed by atoms with Crippen LogP contribution in [-0.2, 0) is 9.53 Å². The summed E-state index contributed by atoms with van der Waals surface area (Å²) in [5, 5.41) is 0. The van der Waals surface area contributed by atoms with Crippen molar-refractivity contribution in [3.63, 3.8) is 0 Å². The third kappa shape index (κ3) is 15.0. The van der Waals surface area contributed by atoms with Crippen LogP contribution in [-0.4, -0.2) is 12.6 Å². The first kappa shape index (κ1) is 18.9. The van der Waals surface area contributed by atoms with Gasteiger partial charge < -0.3 is 4.74 Å². The van der Waals surface area contributed by atoms with Gasteiger partial charge >= 0.3 is 5.97 Å². The molecule has 0 atom stereocenters. The monoisotopic (exact) mass is 280 g/mol. The topological polar surface area (TPSA) is 26.3 Å². The van der Waals surface area contributed by atoms with E-state index in [9.17, 15) is 4.79 Å². The zero-order valence-corrected chi connectivity index (χ0v) is 13.2. The molecule has 116 valence electrons. The van der Waals surface area contributed by atoms with Crippen molar-refractivity contribution in [3.05, 3.63) is 24.8 Å². The molecular weight excluding hydrogens is 248 g/mol. The Morgan fingerprint density at radius 2 is 1.45 bits per heavy atom. The van der Waals surface area contributed by atoms with E-state index in [-0.39, 0.29) is 5.97 Å². The van der Waals surface area contributed by atoms with E-state index in [2.05, 4.69) is 25.7 Å². The minimum Gasteiger partial charge on any atom is -0.463 e. The minimum atomic E-state index is -0.320. The average Bonchev–Trinajstić information content (AvgIpc) is 2.47. The molecule has 0 bridgehead atoms. The van der Waals surface area contributed by atoms with E-state index in [0.29, 0.717) is 6.61 Å². The molecule has 2 heteroatoms. The maximum absolute atomic E-state index is 10.8. The number of carbonyl (C=O) groups is 1. The third-order valence-corrected chi connectivity index (χ3v) is 3.32. The Kier molecular flexibility index (Phi) is 15.2. The average molecular weight is 280 g/mol. The van der Waals surface area contributed by atoms with Gasteiger partial charge in [0.15, 0.2) is 0 Å². The highest BCUT2D eigenvalue weighted by Gasteiger charge is 1.93. The van der Waals surface area contributed by atoms with Gasteiger partial charge in [0.05, 0.1) is 6.61 Å². The molecule has 0 fully saturated rings. The lowest BCUT2D eigenvalue weighted by Crippen LogP contribution is -2.01. The molecule has 0 N–H and O–H groups in total. The van der Waals surface area contributed by atoms with E-state index in [1.807, 2.05) is 0 Å². The van der Waals surface area contributed by atoms with Gasteiger partial charge in [-0.05, 0) is 32.1 Å². The van der Waals surface area contributed by atoms with Gasteiger partial charge in [-0.3, -0.25) is 0 Å². The number of carbonyl (C=O) groups excluding carboxylic acids is 1. The Hall–Kier alpha value is -1.05. The van der Waals surface area contributed by atoms with Gasteiger partial charge in [0, 0.05) is 6.08 Å². The van der Waals surface area contributed by atoms with Crippen LogP contribution in [0.2, 0.25) is 0 Å². The third-order valence-electron chi connectivity index (χ3n) is 3.32. The Balaban J connectivity index is 3.12. The van der Waals surface area contributed by atoms with Crippen molar-refractivity contribution in [1.29, 1.82) is 0 Å². The number of hydrogen-bond donors (Lipinski definition) is 0. The van der Waals surface area contributed by atoms with Gasteiger partial charge in [0.25, 0.3) is 0 Å². The molecule has 20 heavy (non-hydrogen) atoms. The molecule has 0 aliphatic rings. The molecule has 0 aromatic heterocycles. The smallest absolute Gasteiger partial charge is 0.330 e. The molecule has 0 rings (SSSR count). The Labute approximate surface area is 125 Å². The van der Waals surface area contributed by atoms with Gasteiger partial charge in [-0.1, -0.05) is 64.2 Å². The summed E-state index contributed by atoms with van der Waals surface area (Å²) in [7, 11) is 0. The fourth-order valence-corrected chi connectivity index (χ4v) is 2.05. The summed E-state index contributed by atoms with van der Waals surface area (Å²) in [5.74, 6) is -0.320. The summed E-state index contributed by atoms with van der Waals surface area (Å²) >= 11 is 0. The first-order valence-electron chi connectivity index (χ1n) is 8.25. The second-order valence-corrected chi connectivity index (χ2v) is 5.25. The summed E-state index contributed by atoms with van der Waals surface area (Å²) in [5.41, 5.74) is 0. The SMILES string of the molecule is C=CC(=O)OCCCC/C=C/CCCCCCCCC. The molecular formula is C18H32O2. The fraction of sp³-hybridized carbons (Fsp3) is 0.722. The molecule has 0 amide bonds. The molecule has 0 spiro atoms. The second-order valence-electron chi connectivity index (χ2n) is 5.25. The molecule has 0 aliphatic heterocycles. The van der Waals surface area contributed by atoms with Crippen LogP contribution in [0.3, 0.4) is 0 Å². The number of ether oxygens (including phenoxy) is 1. The predicted molar refractivity (Wildman–Crippen MR) is 86.8 cm³/mol. The van der Waals surface area contributed by atoms with Gasteiger partial charge in [-0.2, -0.15) is 0 Å². The van der Waals surface area contributed by atoms with E-state index in [1.165, 1.54) is 57.4 Å². The maximum atomic E-state index is 10.8. The highest BCUT2D eigenvalue weighted by Crippen LogP contribution is 2.09. The van der Waals surface area contributed by atoms with Crippen LogP contribution < -0.4 is 0 Å². The molecule has 0 aromatic rings. The maximum Gasteiger partial charge on any atom is 0.330 e. The van der Waals surface area contributed by atoms with Crippen molar-refractivity contribution in [2.24, 2.45) is 0 Å². The van der Waals surface area contributed by atoms with Crippen molar-refractivity contribution in [2.45, 2.75) is 77.6 Å². The summed E-state index contributed by atoms with van der Waals surface area (Å²) in [6.07, 6.45) is 19.7. The Morgan fingerprint density at radius 3 is 2.05 bits per heavy atom. The Bertz CT molecular complexity index is 256. The lowest BCUT2D eigenvalue weighted by Gasteiger charge is -2.00. The summed E-state index contributed by atoms with van der Waals surface area (Å²) in [6.45, 7) is 6.13. The lowest BCUT2D eigenvalue weighted by atomic mass is 10.1. The van der Waals surface area contributed by atoms with Crippen LogP contribution >= 0.6 is 0 Å². The van der Waals surface area contributed by atoms with Crippen LogP contribution in [0, 0.1) is 0 Å². The molecule has 0 saturated heterocycles. The van der Waals surface area contributed by atoms with Crippen LogP contribution in [0.5, 0.6) is 0 Å². The number of hydrogen-bond acceptors (Lipinski definition) is 2. The number of unbranched alkanes of at least 4 members (excludes halogenated alkanes) is 9. The molecule has 0 unspecified atom stereocenters. The number of esters is 1. The van der Waals surface area contributed by atoms with Crippen molar-refractivity contribution in [2.75, 3.05) is 6.61 Å². The van der Waals surface area contributed by atoms with Gasteiger partial charge in [0.1, 0.15) is 0 Å². The minimum absolute atomic E-state index is 0.320. The van der Waals surface area contributed by atoms with Gasteiger partial charge in [-0.15, -0.1) is 0 Å². The second kappa shape index (κ2) is 16.0.